The van der Waals surface area contributed by atoms with Gasteiger partial charge in [0.15, 0.2) is 0 Å². The molecule has 0 fully saturated rings. The van der Waals surface area contributed by atoms with Gasteiger partial charge in [0.25, 0.3) is 0 Å². The molecule has 5 heteroatoms. The summed E-state index contributed by atoms with van der Waals surface area (Å²) in [5, 5.41) is 0. The highest BCUT2D eigenvalue weighted by Crippen LogP contribution is 2.36. The molecule has 2 aromatic carbocycles. The molecule has 0 saturated carbocycles. The van der Waals surface area contributed by atoms with Crippen LogP contribution in [-0.4, -0.2) is 23.1 Å². The molecule has 1 aliphatic heterocycles. The van der Waals surface area contributed by atoms with Crippen LogP contribution in [0.4, 0.5) is 9.18 Å². The zero-order valence-electron chi connectivity index (χ0n) is 16.5. The van der Waals surface area contributed by atoms with Gasteiger partial charge in [0.05, 0.1) is 6.04 Å². The molecule has 148 valence electrons. The molecular formula is C23H27FN2O2. The van der Waals surface area contributed by atoms with Crippen LogP contribution in [0.3, 0.4) is 0 Å². The van der Waals surface area contributed by atoms with E-state index in [0.717, 1.165) is 17.5 Å². The SMILES string of the molecule is C=C(N)CCC(C)(C)OC(=O)N1CCc2ccccc2C1c1ccc(F)cc1. The van der Waals surface area contributed by atoms with Crippen LogP contribution < -0.4 is 5.73 Å². The number of carbonyl (C=O) groups excluding carboxylic acids is 1. The van der Waals surface area contributed by atoms with E-state index in [2.05, 4.69) is 12.6 Å². The average molecular weight is 382 g/mol. The predicted octanol–water partition coefficient (Wildman–Crippen LogP) is 4.94. The highest BCUT2D eigenvalue weighted by molar-refractivity contribution is 5.70. The minimum absolute atomic E-state index is 0.301. The van der Waals surface area contributed by atoms with E-state index in [1.165, 1.54) is 17.7 Å². The maximum Gasteiger partial charge on any atom is 0.411 e. The fraction of sp³-hybridized carbons (Fsp3) is 0.348. The van der Waals surface area contributed by atoms with Crippen LogP contribution in [0, 0.1) is 5.82 Å². The van der Waals surface area contributed by atoms with Crippen molar-refractivity contribution in [1.82, 2.24) is 4.90 Å². The average Bonchev–Trinajstić information content (AvgIpc) is 2.66. The van der Waals surface area contributed by atoms with Gasteiger partial charge in [-0.05, 0) is 61.9 Å². The third-order valence-electron chi connectivity index (χ3n) is 5.12. The van der Waals surface area contributed by atoms with Crippen LogP contribution >= 0.6 is 0 Å². The predicted molar refractivity (Wildman–Crippen MR) is 108 cm³/mol. The number of ether oxygens (including phenoxy) is 1. The quantitative estimate of drug-likeness (QED) is 0.797. The van der Waals surface area contributed by atoms with E-state index in [0.29, 0.717) is 25.1 Å². The molecule has 4 nitrogen and oxygen atoms in total. The molecule has 1 heterocycles. The maximum atomic E-state index is 13.5. The van der Waals surface area contributed by atoms with Crippen molar-refractivity contribution in [3.8, 4) is 0 Å². The van der Waals surface area contributed by atoms with Gasteiger partial charge in [0, 0.05) is 12.2 Å². The number of fused-ring (bicyclic) bond motifs is 1. The van der Waals surface area contributed by atoms with Gasteiger partial charge < -0.3 is 10.5 Å². The van der Waals surface area contributed by atoms with Crippen LogP contribution in [0.25, 0.3) is 0 Å². The maximum absolute atomic E-state index is 13.5. The minimum Gasteiger partial charge on any atom is -0.443 e. The largest absolute Gasteiger partial charge is 0.443 e. The highest BCUT2D eigenvalue weighted by atomic mass is 19.1. The number of allylic oxidation sites excluding steroid dienone is 1. The molecular weight excluding hydrogens is 355 g/mol. The van der Waals surface area contributed by atoms with Crippen molar-refractivity contribution in [2.24, 2.45) is 5.73 Å². The lowest BCUT2D eigenvalue weighted by Crippen LogP contribution is -2.44. The molecule has 0 bridgehead atoms. The van der Waals surface area contributed by atoms with Gasteiger partial charge in [-0.3, -0.25) is 4.90 Å². The number of carbonyl (C=O) groups is 1. The second kappa shape index (κ2) is 8.05. The van der Waals surface area contributed by atoms with Crippen LogP contribution in [0.5, 0.6) is 0 Å². The van der Waals surface area contributed by atoms with E-state index in [9.17, 15) is 9.18 Å². The minimum atomic E-state index is -0.663. The Balaban J connectivity index is 1.89. The van der Waals surface area contributed by atoms with Gasteiger partial charge >= 0.3 is 6.09 Å². The van der Waals surface area contributed by atoms with Gasteiger partial charge in [-0.1, -0.05) is 43.0 Å². The summed E-state index contributed by atoms with van der Waals surface area (Å²) in [7, 11) is 0. The highest BCUT2D eigenvalue weighted by Gasteiger charge is 2.35. The molecule has 3 rings (SSSR count). The van der Waals surface area contributed by atoms with Gasteiger partial charge in [-0.2, -0.15) is 0 Å². The molecule has 0 radical (unpaired) electrons. The lowest BCUT2D eigenvalue weighted by atomic mass is 9.88. The second-order valence-electron chi connectivity index (χ2n) is 7.88. The topological polar surface area (TPSA) is 55.6 Å². The Hall–Kier alpha value is -2.82. The summed E-state index contributed by atoms with van der Waals surface area (Å²) in [5.74, 6) is -0.301. The molecule has 1 unspecified atom stereocenters. The Morgan fingerprint density at radius 1 is 1.25 bits per heavy atom. The first-order chi connectivity index (χ1) is 13.3. The van der Waals surface area contributed by atoms with Gasteiger partial charge in [0.2, 0.25) is 0 Å². The van der Waals surface area contributed by atoms with Crippen molar-refractivity contribution in [2.75, 3.05) is 6.54 Å². The summed E-state index contributed by atoms with van der Waals surface area (Å²) in [6, 6.07) is 14.0. The smallest absolute Gasteiger partial charge is 0.411 e. The van der Waals surface area contributed by atoms with Crippen molar-refractivity contribution in [3.05, 3.63) is 83.3 Å². The van der Waals surface area contributed by atoms with Gasteiger partial charge in [-0.15, -0.1) is 0 Å². The van der Waals surface area contributed by atoms with E-state index in [-0.39, 0.29) is 18.0 Å². The normalized spacial score (nSPS) is 16.4. The summed E-state index contributed by atoms with van der Waals surface area (Å²) in [6.45, 7) is 7.99. The Morgan fingerprint density at radius 2 is 1.93 bits per heavy atom. The number of amides is 1. The van der Waals surface area contributed by atoms with Gasteiger partial charge in [0.1, 0.15) is 11.4 Å². The Morgan fingerprint density at radius 3 is 2.61 bits per heavy atom. The number of nitrogens with two attached hydrogens (primary N) is 1. The Bertz CT molecular complexity index is 861. The lowest BCUT2D eigenvalue weighted by Gasteiger charge is -2.39. The lowest BCUT2D eigenvalue weighted by molar-refractivity contribution is 0.00249. The monoisotopic (exact) mass is 382 g/mol. The summed E-state index contributed by atoms with van der Waals surface area (Å²) in [5.41, 5.74) is 8.67. The van der Waals surface area contributed by atoms with Crippen LogP contribution in [0.15, 0.2) is 60.8 Å². The Labute approximate surface area is 165 Å². The van der Waals surface area contributed by atoms with E-state index < -0.39 is 5.60 Å². The molecule has 0 aliphatic carbocycles. The fourth-order valence-electron chi connectivity index (χ4n) is 3.58. The van der Waals surface area contributed by atoms with Crippen molar-refractivity contribution in [2.45, 2.75) is 44.8 Å². The van der Waals surface area contributed by atoms with Crippen molar-refractivity contribution in [3.63, 3.8) is 0 Å². The third-order valence-corrected chi connectivity index (χ3v) is 5.12. The number of benzene rings is 2. The first-order valence-electron chi connectivity index (χ1n) is 9.53. The van der Waals surface area contributed by atoms with E-state index in [1.54, 1.807) is 17.0 Å². The third kappa shape index (κ3) is 4.53. The van der Waals surface area contributed by atoms with Gasteiger partial charge in [-0.25, -0.2) is 9.18 Å². The molecule has 1 amide bonds. The summed E-state index contributed by atoms with van der Waals surface area (Å²) in [6.07, 6.45) is 1.56. The van der Waals surface area contributed by atoms with E-state index >= 15 is 0 Å². The molecule has 2 N–H and O–H groups in total. The number of rotatable bonds is 5. The van der Waals surface area contributed by atoms with Crippen molar-refractivity contribution >= 4 is 6.09 Å². The first kappa shape index (κ1) is 19.9. The van der Waals surface area contributed by atoms with Crippen molar-refractivity contribution < 1.29 is 13.9 Å². The molecule has 0 spiro atoms. The zero-order valence-corrected chi connectivity index (χ0v) is 16.5. The number of nitrogens with zero attached hydrogens (tertiary/aromatic N) is 1. The van der Waals surface area contributed by atoms with Crippen LogP contribution in [0.2, 0.25) is 0 Å². The standard InChI is InChI=1S/C23H27FN2O2/c1-16(25)12-14-23(2,3)28-22(27)26-15-13-17-6-4-5-7-20(17)21(26)18-8-10-19(24)11-9-18/h4-11,21H,1,12-15,25H2,2-3H3. The van der Waals surface area contributed by atoms with Crippen molar-refractivity contribution in [1.29, 1.82) is 0 Å². The molecule has 1 aliphatic rings. The van der Waals surface area contributed by atoms with Crippen LogP contribution in [0.1, 0.15) is 49.4 Å². The Kier molecular flexibility index (Phi) is 5.73. The zero-order chi connectivity index (χ0) is 20.3. The summed E-state index contributed by atoms with van der Waals surface area (Å²) >= 11 is 0. The summed E-state index contributed by atoms with van der Waals surface area (Å²) in [4.78, 5) is 14.8. The molecule has 28 heavy (non-hydrogen) atoms. The summed E-state index contributed by atoms with van der Waals surface area (Å²) < 4.78 is 19.3. The molecule has 2 aromatic rings. The molecule has 1 atom stereocenters. The van der Waals surface area contributed by atoms with Crippen LogP contribution in [-0.2, 0) is 11.2 Å². The number of halogens is 1. The molecule has 0 aromatic heterocycles. The van der Waals surface area contributed by atoms with E-state index in [4.69, 9.17) is 10.5 Å². The molecule has 0 saturated heterocycles. The van der Waals surface area contributed by atoms with E-state index in [1.807, 2.05) is 32.0 Å². The fourth-order valence-corrected chi connectivity index (χ4v) is 3.58. The second-order valence-corrected chi connectivity index (χ2v) is 7.88. The number of hydrogen-bond donors (Lipinski definition) is 1. The number of hydrogen-bond acceptors (Lipinski definition) is 3. The first-order valence-corrected chi connectivity index (χ1v) is 9.53.